The Kier molecular flexibility index (Phi) is 10.8. The minimum atomic E-state index is -0.422. The number of amides is 2. The van der Waals surface area contributed by atoms with Crippen molar-refractivity contribution >= 4 is 51.8 Å². The number of imide groups is 1. The highest BCUT2D eigenvalue weighted by Crippen LogP contribution is 2.34. The minimum Gasteiger partial charge on any atom is -0.369 e. The highest BCUT2D eigenvalue weighted by Gasteiger charge is 2.30. The summed E-state index contributed by atoms with van der Waals surface area (Å²) < 4.78 is 16.7. The maximum Gasteiger partial charge on any atom is 0.263 e. The third-order valence-electron chi connectivity index (χ3n) is 12.4. The van der Waals surface area contributed by atoms with E-state index in [1.807, 2.05) is 12.3 Å². The fourth-order valence-electron chi connectivity index (χ4n) is 9.13. The van der Waals surface area contributed by atoms with Gasteiger partial charge in [-0.3, -0.25) is 34.0 Å². The molecule has 1 aromatic carbocycles. The highest BCUT2D eigenvalue weighted by atomic mass is 19.1. The van der Waals surface area contributed by atoms with E-state index in [0.717, 1.165) is 102 Å². The number of halogens is 1. The van der Waals surface area contributed by atoms with Crippen molar-refractivity contribution in [1.82, 2.24) is 29.7 Å². The van der Waals surface area contributed by atoms with Crippen LogP contribution in [0.4, 0.5) is 27.5 Å². The molecule has 1 aliphatic carbocycles. The van der Waals surface area contributed by atoms with Crippen LogP contribution in [-0.4, -0.2) is 87.8 Å². The smallest absolute Gasteiger partial charge is 0.263 e. The molecular weight excluding hydrogens is 714 g/mol. The van der Waals surface area contributed by atoms with Gasteiger partial charge in [0.05, 0.1) is 29.1 Å². The van der Waals surface area contributed by atoms with Crippen molar-refractivity contribution in [3.05, 3.63) is 75.6 Å². The number of aromatic nitrogens is 4. The van der Waals surface area contributed by atoms with Gasteiger partial charge in [-0.15, -0.1) is 0 Å². The zero-order valence-corrected chi connectivity index (χ0v) is 32.2. The first kappa shape index (κ1) is 37.7. The maximum atomic E-state index is 14.9. The Hall–Kier alpha value is -5.24. The molecular formula is C42H50FN9O4. The standard InChI is InChI=1S/C42H50FN9O4/c1-26-33-25-45-42(48-39(33)52(30-5-3-4-6-30)41(56)38(26)27(2)53)46-36-11-8-31(24-44-36)50-21-19-49(20-22-50)16-13-28-14-17-51(18-15-28)35-23-29(7-10-34(35)43)32-9-12-37(54)47-40(32)55/h7-8,10-11,23-25,28,30,32H,3-6,9,12-22H2,1-2H3,(H,47,54,55)(H,44,45,46,48). The first-order chi connectivity index (χ1) is 27.1. The third-order valence-corrected chi connectivity index (χ3v) is 12.4. The lowest BCUT2D eigenvalue weighted by molar-refractivity contribution is -0.134. The van der Waals surface area contributed by atoms with Crippen molar-refractivity contribution in [2.45, 2.75) is 83.6 Å². The molecule has 14 heteroatoms. The average Bonchev–Trinajstić information content (AvgIpc) is 3.73. The molecule has 0 radical (unpaired) electrons. The molecule has 3 saturated heterocycles. The fraction of sp³-hybridized carbons (Fsp3) is 0.500. The van der Waals surface area contributed by atoms with Gasteiger partial charge >= 0.3 is 0 Å². The number of hydrogen-bond donors (Lipinski definition) is 2. The molecule has 6 heterocycles. The number of nitrogens with zero attached hydrogens (tertiary/aromatic N) is 7. The quantitative estimate of drug-likeness (QED) is 0.153. The van der Waals surface area contributed by atoms with Crippen molar-refractivity contribution < 1.29 is 18.8 Å². The number of fused-ring (bicyclic) bond motifs is 1. The lowest BCUT2D eigenvalue weighted by Gasteiger charge is -2.38. The number of rotatable bonds is 10. The molecule has 1 saturated carbocycles. The predicted molar refractivity (Wildman–Crippen MR) is 213 cm³/mol. The predicted octanol–water partition coefficient (Wildman–Crippen LogP) is 5.64. The summed E-state index contributed by atoms with van der Waals surface area (Å²) in [7, 11) is 0. The average molecular weight is 764 g/mol. The Balaban J connectivity index is 0.824. The fourth-order valence-corrected chi connectivity index (χ4v) is 9.13. The van der Waals surface area contributed by atoms with Crippen LogP contribution in [0.1, 0.15) is 98.2 Å². The van der Waals surface area contributed by atoms with Gasteiger partial charge in [0.15, 0.2) is 5.78 Å². The topological polar surface area (TPSA) is 146 Å². The molecule has 1 unspecified atom stereocenters. The second-order valence-corrected chi connectivity index (χ2v) is 15.9. The van der Waals surface area contributed by atoms with Gasteiger partial charge in [-0.1, -0.05) is 18.9 Å². The Morgan fingerprint density at radius 2 is 1.68 bits per heavy atom. The van der Waals surface area contributed by atoms with Gasteiger partial charge in [0.25, 0.3) is 5.56 Å². The zero-order chi connectivity index (χ0) is 38.9. The molecule has 3 aliphatic heterocycles. The lowest BCUT2D eigenvalue weighted by Crippen LogP contribution is -2.47. The van der Waals surface area contributed by atoms with Crippen LogP contribution in [0.3, 0.4) is 0 Å². The number of carbonyl (C=O) groups excluding carboxylic acids is 3. The zero-order valence-electron chi connectivity index (χ0n) is 32.2. The van der Waals surface area contributed by atoms with Gasteiger partial charge in [-0.05, 0) is 100 Å². The molecule has 0 bridgehead atoms. The number of nitrogens with one attached hydrogen (secondary N) is 2. The van der Waals surface area contributed by atoms with Crippen LogP contribution >= 0.6 is 0 Å². The van der Waals surface area contributed by atoms with Crippen LogP contribution in [0.15, 0.2) is 47.5 Å². The summed E-state index contributed by atoms with van der Waals surface area (Å²) in [5, 5.41) is 6.34. The second-order valence-electron chi connectivity index (χ2n) is 15.9. The van der Waals surface area contributed by atoms with E-state index in [1.165, 1.54) is 13.0 Å². The van der Waals surface area contributed by atoms with Gasteiger partial charge in [0.1, 0.15) is 17.3 Å². The van der Waals surface area contributed by atoms with Crippen molar-refractivity contribution in [2.24, 2.45) is 5.92 Å². The SMILES string of the molecule is CC(=O)c1c(C)c2cnc(Nc3ccc(N4CCN(CCC5CCN(c6cc(C7CCC(=O)NC7=O)ccc6F)CC5)CC4)cn3)nc2n(C2CCCC2)c1=O. The van der Waals surface area contributed by atoms with Gasteiger partial charge in [-0.25, -0.2) is 14.4 Å². The number of pyridine rings is 2. The summed E-state index contributed by atoms with van der Waals surface area (Å²) in [5.41, 5.74) is 3.48. The molecule has 2 amide bonds. The third kappa shape index (κ3) is 7.75. The molecule has 13 nitrogen and oxygen atoms in total. The van der Waals surface area contributed by atoms with E-state index in [4.69, 9.17) is 4.98 Å². The minimum absolute atomic E-state index is 0.0138. The van der Waals surface area contributed by atoms with Crippen molar-refractivity contribution in [2.75, 3.05) is 60.9 Å². The summed E-state index contributed by atoms with van der Waals surface area (Å²) in [6, 6.07) is 8.92. The second kappa shape index (κ2) is 16.1. The van der Waals surface area contributed by atoms with E-state index in [0.29, 0.717) is 52.8 Å². The summed E-state index contributed by atoms with van der Waals surface area (Å²) in [5.74, 6) is 0.0536. The molecule has 2 N–H and O–H groups in total. The molecule has 4 aliphatic rings. The largest absolute Gasteiger partial charge is 0.369 e. The molecule has 3 aromatic heterocycles. The number of piperidine rings is 2. The highest BCUT2D eigenvalue weighted by molar-refractivity contribution is 6.01. The van der Waals surface area contributed by atoms with E-state index in [9.17, 15) is 23.6 Å². The Labute approximate surface area is 325 Å². The van der Waals surface area contributed by atoms with E-state index >= 15 is 0 Å². The summed E-state index contributed by atoms with van der Waals surface area (Å²) in [4.78, 5) is 71.0. The van der Waals surface area contributed by atoms with Crippen LogP contribution in [0, 0.1) is 18.7 Å². The van der Waals surface area contributed by atoms with E-state index in [2.05, 4.69) is 41.4 Å². The van der Waals surface area contributed by atoms with E-state index < -0.39 is 5.92 Å². The molecule has 8 rings (SSSR count). The number of piperazine rings is 1. The van der Waals surface area contributed by atoms with Crippen LogP contribution < -0.4 is 26.0 Å². The monoisotopic (exact) mass is 763 g/mol. The van der Waals surface area contributed by atoms with Crippen molar-refractivity contribution in [1.29, 1.82) is 0 Å². The lowest BCUT2D eigenvalue weighted by atomic mass is 9.89. The molecule has 294 valence electrons. The molecule has 4 aromatic rings. The number of ketones is 1. The van der Waals surface area contributed by atoms with Crippen LogP contribution in [-0.2, 0) is 9.59 Å². The van der Waals surface area contributed by atoms with E-state index in [1.54, 1.807) is 29.8 Å². The molecule has 4 fully saturated rings. The maximum absolute atomic E-state index is 14.9. The van der Waals surface area contributed by atoms with Crippen LogP contribution in [0.25, 0.3) is 11.0 Å². The van der Waals surface area contributed by atoms with Crippen LogP contribution in [0.2, 0.25) is 0 Å². The number of Topliss-reactive ketones (excluding diaryl/α,β-unsaturated/α-hetero) is 1. The molecule has 0 spiro atoms. The number of benzene rings is 1. The number of aryl methyl sites for hydroxylation is 1. The van der Waals surface area contributed by atoms with E-state index in [-0.39, 0.29) is 40.6 Å². The summed E-state index contributed by atoms with van der Waals surface area (Å²) in [6.45, 7) is 9.58. The van der Waals surface area contributed by atoms with Crippen molar-refractivity contribution in [3.63, 3.8) is 0 Å². The number of carbonyl (C=O) groups is 3. The van der Waals surface area contributed by atoms with Gasteiger partial charge in [-0.2, -0.15) is 4.98 Å². The summed E-state index contributed by atoms with van der Waals surface area (Å²) in [6.07, 6.45) is 11.3. The first-order valence-corrected chi connectivity index (χ1v) is 20.1. The van der Waals surface area contributed by atoms with Gasteiger partial charge < -0.3 is 15.1 Å². The van der Waals surface area contributed by atoms with Crippen LogP contribution in [0.5, 0.6) is 0 Å². The van der Waals surface area contributed by atoms with Gasteiger partial charge in [0, 0.05) is 63.3 Å². The first-order valence-electron chi connectivity index (χ1n) is 20.1. The normalized spacial score (nSPS) is 20.2. The Morgan fingerprint density at radius 1 is 0.911 bits per heavy atom. The molecule has 1 atom stereocenters. The Bertz CT molecular complexity index is 2190. The molecule has 56 heavy (non-hydrogen) atoms. The Morgan fingerprint density at radius 3 is 2.38 bits per heavy atom. The number of anilines is 4. The van der Waals surface area contributed by atoms with Crippen molar-refractivity contribution in [3.8, 4) is 0 Å². The number of hydrogen-bond acceptors (Lipinski definition) is 11. The summed E-state index contributed by atoms with van der Waals surface area (Å²) >= 11 is 0. The van der Waals surface area contributed by atoms with Gasteiger partial charge in [0.2, 0.25) is 17.8 Å².